The number of Topliss-reactive ketones (excluding diaryl/α,β-unsaturated/α-hetero) is 1. The summed E-state index contributed by atoms with van der Waals surface area (Å²) >= 11 is 6.91. The molecule has 3 aromatic carbocycles. The number of esters is 1. The Hall–Kier alpha value is -2.83. The van der Waals surface area contributed by atoms with Crippen molar-refractivity contribution in [2.45, 2.75) is 19.4 Å². The van der Waals surface area contributed by atoms with Crippen LogP contribution in [0.25, 0.3) is 22.2 Å². The quantitative estimate of drug-likeness (QED) is 0.187. The Labute approximate surface area is 202 Å². The third-order valence-electron chi connectivity index (χ3n) is 5.10. The van der Waals surface area contributed by atoms with Gasteiger partial charge in [0.15, 0.2) is 6.10 Å². The fraction of sp³-hybridized carbons (Fsp3) is 0.115. The molecular weight excluding hydrogens is 534 g/mol. The lowest BCUT2D eigenvalue weighted by Crippen LogP contribution is -2.27. The molecule has 32 heavy (non-hydrogen) atoms. The normalized spacial score (nSPS) is 11.8. The van der Waals surface area contributed by atoms with Crippen molar-refractivity contribution in [2.75, 3.05) is 0 Å². The summed E-state index contributed by atoms with van der Waals surface area (Å²) in [6.45, 7) is 1.83. The molecular formula is C26H19Br2NO3. The number of nitrogens with zero attached hydrogens (tertiary/aromatic N) is 1. The van der Waals surface area contributed by atoms with E-state index in [-0.39, 0.29) is 5.78 Å². The number of halogens is 2. The first-order valence-electron chi connectivity index (χ1n) is 10.1. The Kier molecular flexibility index (Phi) is 6.82. The third-order valence-corrected chi connectivity index (χ3v) is 6.12. The van der Waals surface area contributed by atoms with Crippen LogP contribution in [0.15, 0.2) is 87.8 Å². The van der Waals surface area contributed by atoms with Crippen LogP contribution in [-0.4, -0.2) is 22.8 Å². The number of hydrogen-bond acceptors (Lipinski definition) is 4. The zero-order chi connectivity index (χ0) is 22.7. The Morgan fingerprint density at radius 2 is 1.59 bits per heavy atom. The van der Waals surface area contributed by atoms with Crippen molar-refractivity contribution in [3.8, 4) is 11.3 Å². The van der Waals surface area contributed by atoms with Crippen molar-refractivity contribution in [3.63, 3.8) is 0 Å². The maximum absolute atomic E-state index is 13.3. The van der Waals surface area contributed by atoms with Crippen molar-refractivity contribution in [2.24, 2.45) is 0 Å². The molecule has 0 aliphatic carbocycles. The van der Waals surface area contributed by atoms with E-state index in [0.29, 0.717) is 34.1 Å². The molecule has 4 aromatic rings. The van der Waals surface area contributed by atoms with Gasteiger partial charge in [0.2, 0.25) is 5.78 Å². The van der Waals surface area contributed by atoms with Crippen molar-refractivity contribution in [1.82, 2.24) is 4.98 Å². The Bertz CT molecular complexity index is 1290. The van der Waals surface area contributed by atoms with Crippen LogP contribution in [-0.2, 0) is 4.74 Å². The number of hydrogen-bond donors (Lipinski definition) is 0. The second-order valence-corrected chi connectivity index (χ2v) is 9.09. The topological polar surface area (TPSA) is 56.3 Å². The van der Waals surface area contributed by atoms with E-state index in [9.17, 15) is 9.59 Å². The van der Waals surface area contributed by atoms with Gasteiger partial charge in [0, 0.05) is 25.5 Å². The molecule has 160 valence electrons. The predicted molar refractivity (Wildman–Crippen MR) is 133 cm³/mol. The molecule has 1 aromatic heterocycles. The third kappa shape index (κ3) is 4.81. The van der Waals surface area contributed by atoms with E-state index >= 15 is 0 Å². The summed E-state index contributed by atoms with van der Waals surface area (Å²) in [5.41, 5.74) is 3.09. The lowest BCUT2D eigenvalue weighted by atomic mass is 10.0. The van der Waals surface area contributed by atoms with Crippen molar-refractivity contribution < 1.29 is 14.3 Å². The molecule has 0 aliphatic heterocycles. The molecule has 0 saturated carbocycles. The van der Waals surface area contributed by atoms with Gasteiger partial charge in [-0.05, 0) is 42.8 Å². The van der Waals surface area contributed by atoms with Crippen LogP contribution in [0.3, 0.4) is 0 Å². The lowest BCUT2D eigenvalue weighted by molar-refractivity contribution is 0.0279. The second-order valence-electron chi connectivity index (χ2n) is 7.26. The lowest BCUT2D eigenvalue weighted by Gasteiger charge is -2.17. The summed E-state index contributed by atoms with van der Waals surface area (Å²) in [6, 6.07) is 23.9. The number of ketones is 1. The van der Waals surface area contributed by atoms with Crippen LogP contribution in [0.5, 0.6) is 0 Å². The molecule has 4 nitrogen and oxygen atoms in total. The van der Waals surface area contributed by atoms with Gasteiger partial charge in [0.05, 0.1) is 16.8 Å². The number of ether oxygens (including phenoxy) is 1. The van der Waals surface area contributed by atoms with E-state index in [4.69, 9.17) is 9.72 Å². The molecule has 6 heteroatoms. The molecule has 1 heterocycles. The highest BCUT2D eigenvalue weighted by atomic mass is 79.9. The van der Waals surface area contributed by atoms with E-state index in [1.165, 1.54) is 0 Å². The zero-order valence-corrected chi connectivity index (χ0v) is 20.4. The smallest absolute Gasteiger partial charge is 0.339 e. The maximum Gasteiger partial charge on any atom is 0.339 e. The van der Waals surface area contributed by atoms with Gasteiger partial charge < -0.3 is 4.74 Å². The number of pyridine rings is 1. The number of carbonyl (C=O) groups excluding carboxylic acids is 2. The maximum atomic E-state index is 13.3. The fourth-order valence-electron chi connectivity index (χ4n) is 3.44. The Morgan fingerprint density at radius 1 is 0.906 bits per heavy atom. The SMILES string of the molecule is CC[C@@H](OC(=O)c1cc(-c2ccc(Br)cc2)nc2ccc(Br)cc12)C(=O)c1ccccc1. The van der Waals surface area contributed by atoms with Gasteiger partial charge >= 0.3 is 5.97 Å². The number of fused-ring (bicyclic) bond motifs is 1. The molecule has 0 spiro atoms. The first kappa shape index (κ1) is 22.4. The van der Waals surface area contributed by atoms with Crippen LogP contribution >= 0.6 is 31.9 Å². The molecule has 0 unspecified atom stereocenters. The van der Waals surface area contributed by atoms with Crippen LogP contribution in [0.1, 0.15) is 34.1 Å². The average molecular weight is 553 g/mol. The van der Waals surface area contributed by atoms with Gasteiger partial charge in [-0.1, -0.05) is 81.2 Å². The van der Waals surface area contributed by atoms with Crippen LogP contribution in [0.4, 0.5) is 0 Å². The summed E-state index contributed by atoms with van der Waals surface area (Å²) in [5, 5.41) is 0.659. The minimum absolute atomic E-state index is 0.214. The van der Waals surface area contributed by atoms with Crippen LogP contribution in [0, 0.1) is 0 Å². The van der Waals surface area contributed by atoms with E-state index in [1.807, 2.05) is 55.5 Å². The standard InChI is InChI=1S/C26H19Br2NO3/c1-2-24(25(30)17-6-4-3-5-7-17)32-26(31)21-15-23(16-8-10-18(27)11-9-16)29-22-13-12-19(28)14-20(21)22/h3-15,24H,2H2,1H3/t24-/m1/s1. The van der Waals surface area contributed by atoms with Crippen molar-refractivity contribution in [3.05, 3.63) is 98.9 Å². The van der Waals surface area contributed by atoms with Gasteiger partial charge in [0.1, 0.15) is 0 Å². The molecule has 0 N–H and O–H groups in total. The largest absolute Gasteiger partial charge is 0.450 e. The number of benzene rings is 3. The van der Waals surface area contributed by atoms with E-state index in [1.54, 1.807) is 30.3 Å². The fourth-order valence-corrected chi connectivity index (χ4v) is 4.06. The monoisotopic (exact) mass is 551 g/mol. The first-order valence-corrected chi connectivity index (χ1v) is 11.7. The van der Waals surface area contributed by atoms with Crippen molar-refractivity contribution >= 4 is 54.5 Å². The van der Waals surface area contributed by atoms with Crippen LogP contribution < -0.4 is 0 Å². The predicted octanol–water partition coefficient (Wildman–Crippen LogP) is 7.25. The molecule has 0 saturated heterocycles. The highest BCUT2D eigenvalue weighted by Gasteiger charge is 2.25. The van der Waals surface area contributed by atoms with Gasteiger partial charge in [-0.15, -0.1) is 0 Å². The van der Waals surface area contributed by atoms with E-state index in [2.05, 4.69) is 31.9 Å². The Morgan fingerprint density at radius 3 is 2.28 bits per heavy atom. The number of carbonyl (C=O) groups is 2. The van der Waals surface area contributed by atoms with E-state index < -0.39 is 12.1 Å². The molecule has 4 rings (SSSR count). The zero-order valence-electron chi connectivity index (χ0n) is 17.2. The highest BCUT2D eigenvalue weighted by Crippen LogP contribution is 2.29. The summed E-state index contributed by atoms with van der Waals surface area (Å²) in [5.74, 6) is -0.765. The van der Waals surface area contributed by atoms with E-state index in [0.717, 1.165) is 14.5 Å². The van der Waals surface area contributed by atoms with Gasteiger partial charge in [0.25, 0.3) is 0 Å². The summed E-state index contributed by atoms with van der Waals surface area (Å²) in [4.78, 5) is 30.9. The minimum atomic E-state index is -0.864. The minimum Gasteiger partial charge on any atom is -0.450 e. The molecule has 0 bridgehead atoms. The average Bonchev–Trinajstić information content (AvgIpc) is 2.82. The summed E-state index contributed by atoms with van der Waals surface area (Å²) in [7, 11) is 0. The van der Waals surface area contributed by atoms with Crippen molar-refractivity contribution in [1.29, 1.82) is 0 Å². The molecule has 1 atom stereocenters. The summed E-state index contributed by atoms with van der Waals surface area (Å²) in [6.07, 6.45) is -0.484. The molecule has 0 amide bonds. The molecule has 0 radical (unpaired) electrons. The van der Waals surface area contributed by atoms with Gasteiger partial charge in [-0.3, -0.25) is 4.79 Å². The molecule has 0 fully saturated rings. The van der Waals surface area contributed by atoms with Crippen LogP contribution in [0.2, 0.25) is 0 Å². The second kappa shape index (κ2) is 9.76. The first-order chi connectivity index (χ1) is 15.5. The highest BCUT2D eigenvalue weighted by molar-refractivity contribution is 9.10. The number of rotatable bonds is 6. The Balaban J connectivity index is 1.74. The van der Waals surface area contributed by atoms with Gasteiger partial charge in [-0.2, -0.15) is 0 Å². The summed E-state index contributed by atoms with van der Waals surface area (Å²) < 4.78 is 7.50. The number of aromatic nitrogens is 1. The van der Waals surface area contributed by atoms with Gasteiger partial charge in [-0.25, -0.2) is 9.78 Å². The molecule has 0 aliphatic rings.